The van der Waals surface area contributed by atoms with Crippen molar-refractivity contribution in [3.05, 3.63) is 0 Å². The van der Waals surface area contributed by atoms with Crippen molar-refractivity contribution in [3.8, 4) is 0 Å². The zero-order valence-electron chi connectivity index (χ0n) is 12.3. The van der Waals surface area contributed by atoms with Crippen LogP contribution in [-0.4, -0.2) is 64.1 Å². The Labute approximate surface area is 112 Å². The maximum Gasteiger partial charge on any atom is 0.0724 e. The number of rotatable bonds is 9. The van der Waals surface area contributed by atoms with Gasteiger partial charge in [0.15, 0.2) is 0 Å². The van der Waals surface area contributed by atoms with Crippen LogP contribution in [0.3, 0.4) is 0 Å². The molecule has 2 unspecified atom stereocenters. The average Bonchev–Trinajstić information content (AvgIpc) is 2.39. The molecule has 4 heteroatoms. The maximum absolute atomic E-state index is 5.53. The van der Waals surface area contributed by atoms with E-state index < -0.39 is 0 Å². The third-order valence-electron chi connectivity index (χ3n) is 3.73. The van der Waals surface area contributed by atoms with E-state index in [0.29, 0.717) is 12.0 Å². The molecule has 0 aliphatic carbocycles. The highest BCUT2D eigenvalue weighted by atomic mass is 16.5. The van der Waals surface area contributed by atoms with Crippen molar-refractivity contribution in [2.24, 2.45) is 5.92 Å². The third-order valence-corrected chi connectivity index (χ3v) is 3.73. The third kappa shape index (κ3) is 6.14. The van der Waals surface area contributed by atoms with E-state index >= 15 is 0 Å². The van der Waals surface area contributed by atoms with Crippen LogP contribution in [-0.2, 0) is 9.47 Å². The lowest BCUT2D eigenvalue weighted by molar-refractivity contribution is -0.00443. The molecule has 1 saturated heterocycles. The molecule has 1 N–H and O–H groups in total. The molecule has 1 fully saturated rings. The molecule has 0 aromatic carbocycles. The number of likely N-dealkylation sites (tertiary alicyclic amines) is 1. The number of methoxy groups -OCH3 is 1. The summed E-state index contributed by atoms with van der Waals surface area (Å²) in [5.41, 5.74) is 0. The van der Waals surface area contributed by atoms with Gasteiger partial charge in [0.2, 0.25) is 0 Å². The van der Waals surface area contributed by atoms with E-state index in [1.807, 2.05) is 14.0 Å². The molecule has 1 rings (SSSR count). The maximum atomic E-state index is 5.53. The lowest BCUT2D eigenvalue weighted by atomic mass is 9.96. The molecule has 0 bridgehead atoms. The van der Waals surface area contributed by atoms with Gasteiger partial charge >= 0.3 is 0 Å². The summed E-state index contributed by atoms with van der Waals surface area (Å²) >= 11 is 0. The van der Waals surface area contributed by atoms with Crippen LogP contribution in [0.5, 0.6) is 0 Å². The zero-order valence-corrected chi connectivity index (χ0v) is 12.3. The number of ether oxygens (including phenoxy) is 2. The van der Waals surface area contributed by atoms with Crippen molar-refractivity contribution in [2.45, 2.75) is 32.8 Å². The van der Waals surface area contributed by atoms with Crippen molar-refractivity contribution >= 4 is 0 Å². The fraction of sp³-hybridized carbons (Fsp3) is 1.00. The van der Waals surface area contributed by atoms with Crippen LogP contribution >= 0.6 is 0 Å². The SMILES string of the molecule is CCOCCCNCCN1CCC(C)C(OC)C1. The minimum Gasteiger partial charge on any atom is -0.382 e. The first kappa shape index (κ1) is 15.9. The van der Waals surface area contributed by atoms with E-state index in [2.05, 4.69) is 17.1 Å². The number of piperidine rings is 1. The second-order valence-electron chi connectivity index (χ2n) is 5.14. The number of nitrogens with one attached hydrogen (secondary N) is 1. The average molecular weight is 258 g/mol. The summed E-state index contributed by atoms with van der Waals surface area (Å²) in [5, 5.41) is 3.47. The van der Waals surface area contributed by atoms with Crippen molar-refractivity contribution in [1.29, 1.82) is 0 Å². The molecular weight excluding hydrogens is 228 g/mol. The predicted molar refractivity (Wildman–Crippen MR) is 75.0 cm³/mol. The largest absolute Gasteiger partial charge is 0.382 e. The van der Waals surface area contributed by atoms with Crippen molar-refractivity contribution < 1.29 is 9.47 Å². The minimum atomic E-state index is 0.414. The monoisotopic (exact) mass is 258 g/mol. The van der Waals surface area contributed by atoms with Crippen LogP contribution < -0.4 is 5.32 Å². The van der Waals surface area contributed by atoms with Gasteiger partial charge < -0.3 is 14.8 Å². The molecule has 1 aliphatic heterocycles. The standard InChI is InChI=1S/C14H30N2O2/c1-4-18-11-5-7-15-8-10-16-9-6-13(2)14(12-16)17-3/h13-15H,4-12H2,1-3H3. The Morgan fingerprint density at radius 1 is 1.33 bits per heavy atom. The van der Waals surface area contributed by atoms with Gasteiger partial charge in [-0.1, -0.05) is 6.92 Å². The smallest absolute Gasteiger partial charge is 0.0724 e. The van der Waals surface area contributed by atoms with E-state index in [1.54, 1.807) is 0 Å². The summed E-state index contributed by atoms with van der Waals surface area (Å²) in [6.45, 7) is 11.6. The highest BCUT2D eigenvalue weighted by Crippen LogP contribution is 2.18. The molecule has 1 heterocycles. The topological polar surface area (TPSA) is 33.7 Å². The van der Waals surface area contributed by atoms with Gasteiger partial charge in [-0.05, 0) is 38.8 Å². The van der Waals surface area contributed by atoms with Crippen LogP contribution in [0.4, 0.5) is 0 Å². The highest BCUT2D eigenvalue weighted by Gasteiger charge is 2.25. The molecule has 0 spiro atoms. The van der Waals surface area contributed by atoms with Crippen molar-refractivity contribution in [1.82, 2.24) is 10.2 Å². The molecule has 18 heavy (non-hydrogen) atoms. The molecule has 2 atom stereocenters. The quantitative estimate of drug-likeness (QED) is 0.633. The summed E-state index contributed by atoms with van der Waals surface area (Å²) in [7, 11) is 1.83. The summed E-state index contributed by atoms with van der Waals surface area (Å²) in [5.74, 6) is 0.699. The van der Waals surface area contributed by atoms with Gasteiger partial charge in [0.05, 0.1) is 6.10 Å². The Kier molecular flexibility index (Phi) is 8.59. The first-order chi connectivity index (χ1) is 8.77. The van der Waals surface area contributed by atoms with Gasteiger partial charge in [0.1, 0.15) is 0 Å². The van der Waals surface area contributed by atoms with Gasteiger partial charge in [-0.2, -0.15) is 0 Å². The van der Waals surface area contributed by atoms with E-state index in [0.717, 1.165) is 45.8 Å². The van der Waals surface area contributed by atoms with Crippen LogP contribution in [0.1, 0.15) is 26.7 Å². The number of hydrogen-bond acceptors (Lipinski definition) is 4. The van der Waals surface area contributed by atoms with Gasteiger partial charge in [-0.15, -0.1) is 0 Å². The first-order valence-electron chi connectivity index (χ1n) is 7.31. The Morgan fingerprint density at radius 2 is 2.17 bits per heavy atom. The summed E-state index contributed by atoms with van der Waals surface area (Å²) < 4.78 is 10.8. The van der Waals surface area contributed by atoms with Crippen LogP contribution in [0, 0.1) is 5.92 Å². The fourth-order valence-electron chi connectivity index (χ4n) is 2.41. The Bertz CT molecular complexity index is 202. The predicted octanol–water partition coefficient (Wildman–Crippen LogP) is 1.36. The summed E-state index contributed by atoms with van der Waals surface area (Å²) in [4.78, 5) is 2.50. The van der Waals surface area contributed by atoms with Crippen molar-refractivity contribution in [3.63, 3.8) is 0 Å². The van der Waals surface area contributed by atoms with E-state index in [9.17, 15) is 0 Å². The van der Waals surface area contributed by atoms with E-state index in [1.165, 1.54) is 13.0 Å². The first-order valence-corrected chi connectivity index (χ1v) is 7.31. The van der Waals surface area contributed by atoms with E-state index in [4.69, 9.17) is 9.47 Å². The van der Waals surface area contributed by atoms with Gasteiger partial charge in [-0.25, -0.2) is 0 Å². The van der Waals surface area contributed by atoms with Gasteiger partial charge in [0, 0.05) is 40.0 Å². The zero-order chi connectivity index (χ0) is 13.2. The van der Waals surface area contributed by atoms with Gasteiger partial charge in [0.25, 0.3) is 0 Å². The summed E-state index contributed by atoms with van der Waals surface area (Å²) in [6.07, 6.45) is 2.77. The highest BCUT2D eigenvalue weighted by molar-refractivity contribution is 4.78. The summed E-state index contributed by atoms with van der Waals surface area (Å²) in [6, 6.07) is 0. The fourth-order valence-corrected chi connectivity index (χ4v) is 2.41. The molecule has 0 saturated carbocycles. The lowest BCUT2D eigenvalue weighted by Gasteiger charge is -2.36. The second kappa shape index (κ2) is 9.73. The Morgan fingerprint density at radius 3 is 2.89 bits per heavy atom. The van der Waals surface area contributed by atoms with Crippen LogP contribution in [0.15, 0.2) is 0 Å². The second-order valence-corrected chi connectivity index (χ2v) is 5.14. The van der Waals surface area contributed by atoms with Crippen molar-refractivity contribution in [2.75, 3.05) is 53.0 Å². The molecule has 108 valence electrons. The molecule has 4 nitrogen and oxygen atoms in total. The van der Waals surface area contributed by atoms with Crippen LogP contribution in [0.2, 0.25) is 0 Å². The van der Waals surface area contributed by atoms with E-state index in [-0.39, 0.29) is 0 Å². The normalized spacial score (nSPS) is 25.5. The Hall–Kier alpha value is -0.160. The molecule has 1 aliphatic rings. The molecule has 0 aromatic heterocycles. The van der Waals surface area contributed by atoms with Crippen LogP contribution in [0.25, 0.3) is 0 Å². The molecule has 0 amide bonds. The molecule has 0 aromatic rings. The number of nitrogens with zero attached hydrogens (tertiary/aromatic N) is 1. The molecule has 0 radical (unpaired) electrons. The minimum absolute atomic E-state index is 0.414. The molecular formula is C14H30N2O2. The Balaban J connectivity index is 1.99. The lowest BCUT2D eigenvalue weighted by Crippen LogP contribution is -2.46. The number of hydrogen-bond donors (Lipinski definition) is 1. The van der Waals surface area contributed by atoms with Gasteiger partial charge in [-0.3, -0.25) is 4.90 Å².